The quantitative estimate of drug-likeness (QED) is 0.396. The van der Waals surface area contributed by atoms with Gasteiger partial charge >= 0.3 is 0 Å². The molecule has 0 aliphatic carbocycles. The van der Waals surface area contributed by atoms with Gasteiger partial charge in [-0.25, -0.2) is 4.99 Å². The van der Waals surface area contributed by atoms with E-state index in [-0.39, 0.29) is 0 Å². The Labute approximate surface area is 150 Å². The van der Waals surface area contributed by atoms with Gasteiger partial charge in [0.15, 0.2) is 5.96 Å². The summed E-state index contributed by atoms with van der Waals surface area (Å²) in [6, 6.07) is 10.3. The van der Waals surface area contributed by atoms with E-state index >= 15 is 0 Å². The Morgan fingerprint density at radius 3 is 2.64 bits per heavy atom. The lowest BCUT2D eigenvalue weighted by atomic mass is 10.2. The predicted molar refractivity (Wildman–Crippen MR) is 103 cm³/mol. The molecule has 1 aromatic heterocycles. The highest BCUT2D eigenvalue weighted by molar-refractivity contribution is 5.79. The van der Waals surface area contributed by atoms with Crippen LogP contribution in [0.4, 0.5) is 0 Å². The van der Waals surface area contributed by atoms with Crippen LogP contribution >= 0.6 is 0 Å². The maximum Gasteiger partial charge on any atom is 0.191 e. The molecule has 6 heteroatoms. The van der Waals surface area contributed by atoms with E-state index in [0.29, 0.717) is 6.54 Å². The maximum atomic E-state index is 4.71. The predicted octanol–water partition coefficient (Wildman–Crippen LogP) is 2.77. The van der Waals surface area contributed by atoms with Crippen LogP contribution in [0.3, 0.4) is 0 Å². The largest absolute Gasteiger partial charge is 0.356 e. The van der Waals surface area contributed by atoms with Crippen LogP contribution < -0.4 is 10.6 Å². The van der Waals surface area contributed by atoms with Gasteiger partial charge in [-0.15, -0.1) is 10.2 Å². The second-order valence-electron chi connectivity index (χ2n) is 6.01. The van der Waals surface area contributed by atoms with E-state index in [9.17, 15) is 0 Å². The fourth-order valence-electron chi connectivity index (χ4n) is 2.54. The number of aryl methyl sites for hydroxylation is 1. The van der Waals surface area contributed by atoms with Gasteiger partial charge in [0, 0.05) is 26.1 Å². The Hall–Kier alpha value is -2.37. The van der Waals surface area contributed by atoms with Crippen LogP contribution in [0.15, 0.2) is 41.7 Å². The van der Waals surface area contributed by atoms with Crippen LogP contribution in [-0.4, -0.2) is 33.8 Å². The summed E-state index contributed by atoms with van der Waals surface area (Å²) in [4.78, 5) is 4.71. The zero-order valence-electron chi connectivity index (χ0n) is 15.4. The monoisotopic (exact) mass is 342 g/mol. The first kappa shape index (κ1) is 19.0. The summed E-state index contributed by atoms with van der Waals surface area (Å²) in [7, 11) is 0. The second-order valence-corrected chi connectivity index (χ2v) is 6.01. The Kier molecular flexibility index (Phi) is 8.52. The van der Waals surface area contributed by atoms with Crippen molar-refractivity contribution in [1.29, 1.82) is 0 Å². The number of nitrogens with zero attached hydrogens (tertiary/aromatic N) is 4. The van der Waals surface area contributed by atoms with E-state index in [4.69, 9.17) is 4.99 Å². The highest BCUT2D eigenvalue weighted by Crippen LogP contribution is 2.00. The van der Waals surface area contributed by atoms with Crippen molar-refractivity contribution < 1.29 is 0 Å². The van der Waals surface area contributed by atoms with E-state index < -0.39 is 0 Å². The van der Waals surface area contributed by atoms with Gasteiger partial charge in [-0.05, 0) is 12.0 Å². The molecule has 0 saturated carbocycles. The molecular weight excluding hydrogens is 312 g/mol. The van der Waals surface area contributed by atoms with Crippen molar-refractivity contribution >= 4 is 5.96 Å². The van der Waals surface area contributed by atoms with Gasteiger partial charge in [-0.3, -0.25) is 0 Å². The van der Waals surface area contributed by atoms with Crippen LogP contribution in [0.25, 0.3) is 0 Å². The van der Waals surface area contributed by atoms with Crippen LogP contribution in [-0.2, 0) is 19.5 Å². The minimum atomic E-state index is 0.677. The van der Waals surface area contributed by atoms with Crippen molar-refractivity contribution in [3.8, 4) is 0 Å². The third-order valence-electron chi connectivity index (χ3n) is 3.99. The molecule has 1 heterocycles. The molecule has 2 aromatic rings. The highest BCUT2D eigenvalue weighted by atomic mass is 15.3. The Balaban J connectivity index is 1.86. The summed E-state index contributed by atoms with van der Waals surface area (Å²) in [6.45, 7) is 7.55. The van der Waals surface area contributed by atoms with E-state index in [1.165, 1.54) is 18.4 Å². The fourth-order valence-corrected chi connectivity index (χ4v) is 2.54. The lowest BCUT2D eigenvalue weighted by molar-refractivity contribution is 0.625. The summed E-state index contributed by atoms with van der Waals surface area (Å²) < 4.78 is 2.08. The summed E-state index contributed by atoms with van der Waals surface area (Å²) in [5.74, 6) is 1.88. The van der Waals surface area contributed by atoms with Gasteiger partial charge in [-0.1, -0.05) is 57.0 Å². The SMILES string of the molecule is CCCCCNC(=NCc1ccccc1)NCCn1cnnc1CC. The van der Waals surface area contributed by atoms with Crippen LogP contribution in [0.2, 0.25) is 0 Å². The molecule has 1 aromatic carbocycles. The molecule has 136 valence electrons. The topological polar surface area (TPSA) is 67.1 Å². The minimum Gasteiger partial charge on any atom is -0.356 e. The average molecular weight is 342 g/mol. The third kappa shape index (κ3) is 6.95. The molecule has 6 nitrogen and oxygen atoms in total. The number of hydrogen-bond donors (Lipinski definition) is 2. The summed E-state index contributed by atoms with van der Waals surface area (Å²) in [6.07, 6.45) is 6.30. The Morgan fingerprint density at radius 2 is 1.88 bits per heavy atom. The lowest BCUT2D eigenvalue weighted by Gasteiger charge is -2.13. The molecule has 0 fully saturated rings. The number of nitrogens with one attached hydrogen (secondary N) is 2. The van der Waals surface area contributed by atoms with Crippen molar-refractivity contribution in [2.75, 3.05) is 13.1 Å². The van der Waals surface area contributed by atoms with Crippen LogP contribution in [0.1, 0.15) is 44.5 Å². The number of guanidine groups is 1. The van der Waals surface area contributed by atoms with Gasteiger partial charge in [0.05, 0.1) is 6.54 Å². The first-order valence-corrected chi connectivity index (χ1v) is 9.26. The molecule has 2 rings (SSSR count). The molecule has 0 unspecified atom stereocenters. The standard InChI is InChI=1S/C19H30N6/c1-3-5-9-12-20-19(22-15-17-10-7-6-8-11-17)21-13-14-25-16-23-24-18(25)4-2/h6-8,10-11,16H,3-5,9,12-15H2,1-2H3,(H2,20,21,22). The fraction of sp³-hybridized carbons (Fsp3) is 0.526. The van der Waals surface area contributed by atoms with Crippen molar-refractivity contribution in [2.45, 2.75) is 52.6 Å². The smallest absolute Gasteiger partial charge is 0.191 e. The van der Waals surface area contributed by atoms with Gasteiger partial charge in [0.1, 0.15) is 12.2 Å². The van der Waals surface area contributed by atoms with E-state index in [0.717, 1.165) is 44.3 Å². The van der Waals surface area contributed by atoms with Crippen LogP contribution in [0.5, 0.6) is 0 Å². The molecule has 0 radical (unpaired) electrons. The molecule has 0 saturated heterocycles. The van der Waals surface area contributed by atoms with Crippen molar-refractivity contribution in [3.05, 3.63) is 48.0 Å². The highest BCUT2D eigenvalue weighted by Gasteiger charge is 2.03. The molecule has 0 bridgehead atoms. The molecule has 0 atom stereocenters. The summed E-state index contributed by atoms with van der Waals surface area (Å²) in [5.41, 5.74) is 1.21. The van der Waals surface area contributed by atoms with E-state index in [1.807, 2.05) is 18.2 Å². The van der Waals surface area contributed by atoms with Gasteiger partial charge in [0.2, 0.25) is 0 Å². The molecular formula is C19H30N6. The average Bonchev–Trinajstić information content (AvgIpc) is 3.11. The third-order valence-corrected chi connectivity index (χ3v) is 3.99. The number of hydrogen-bond acceptors (Lipinski definition) is 3. The van der Waals surface area contributed by atoms with E-state index in [2.05, 4.69) is 51.4 Å². The number of rotatable bonds is 10. The number of unbranched alkanes of at least 4 members (excludes halogenated alkanes) is 2. The van der Waals surface area contributed by atoms with Crippen LogP contribution in [0, 0.1) is 0 Å². The van der Waals surface area contributed by atoms with Crippen molar-refractivity contribution in [2.24, 2.45) is 4.99 Å². The molecule has 0 spiro atoms. The Morgan fingerprint density at radius 1 is 1.08 bits per heavy atom. The van der Waals surface area contributed by atoms with Crippen molar-refractivity contribution in [3.63, 3.8) is 0 Å². The van der Waals surface area contributed by atoms with Gasteiger partial charge in [-0.2, -0.15) is 0 Å². The summed E-state index contributed by atoms with van der Waals surface area (Å²) >= 11 is 0. The summed E-state index contributed by atoms with van der Waals surface area (Å²) in [5, 5.41) is 14.9. The first-order valence-electron chi connectivity index (χ1n) is 9.26. The van der Waals surface area contributed by atoms with Crippen molar-refractivity contribution in [1.82, 2.24) is 25.4 Å². The zero-order valence-corrected chi connectivity index (χ0v) is 15.4. The number of aromatic nitrogens is 3. The second kappa shape index (κ2) is 11.2. The number of benzene rings is 1. The first-order chi connectivity index (χ1) is 12.3. The normalized spacial score (nSPS) is 11.5. The zero-order chi connectivity index (χ0) is 17.7. The van der Waals surface area contributed by atoms with E-state index in [1.54, 1.807) is 6.33 Å². The molecule has 0 amide bonds. The minimum absolute atomic E-state index is 0.677. The molecule has 2 N–H and O–H groups in total. The maximum absolute atomic E-state index is 4.71. The molecule has 0 aliphatic rings. The van der Waals surface area contributed by atoms with Gasteiger partial charge < -0.3 is 15.2 Å². The molecule has 0 aliphatic heterocycles. The lowest BCUT2D eigenvalue weighted by Crippen LogP contribution is -2.39. The Bertz CT molecular complexity index is 620. The molecule has 25 heavy (non-hydrogen) atoms. The number of aliphatic imine (C=N–C) groups is 1. The van der Waals surface area contributed by atoms with Gasteiger partial charge in [0.25, 0.3) is 0 Å².